The number of halogens is 1. The lowest BCUT2D eigenvalue weighted by Gasteiger charge is -2.23. The Labute approximate surface area is 184 Å². The number of H-pyrrole nitrogens is 1. The zero-order valence-electron chi connectivity index (χ0n) is 17.3. The highest BCUT2D eigenvalue weighted by molar-refractivity contribution is 6.30. The Hall–Kier alpha value is -3.36. The third-order valence-corrected chi connectivity index (χ3v) is 5.13. The van der Waals surface area contributed by atoms with Gasteiger partial charge in [-0.15, -0.1) is 0 Å². The Morgan fingerprint density at radius 1 is 1.03 bits per heavy atom. The third-order valence-electron chi connectivity index (χ3n) is 4.88. The third kappa shape index (κ3) is 5.42. The van der Waals surface area contributed by atoms with Crippen molar-refractivity contribution in [2.24, 2.45) is 0 Å². The highest BCUT2D eigenvalue weighted by atomic mass is 35.5. The molecular formula is C22H24ClN5O3. The van der Waals surface area contributed by atoms with E-state index in [-0.39, 0.29) is 30.5 Å². The van der Waals surface area contributed by atoms with E-state index in [1.165, 1.54) is 16.5 Å². The summed E-state index contributed by atoms with van der Waals surface area (Å²) in [5.74, 6) is -0.396. The van der Waals surface area contributed by atoms with Gasteiger partial charge in [0.15, 0.2) is 5.69 Å². The SMILES string of the molecule is CN(CC(=O)N(C)c1c(N)n(Cc2ccccc2)c(=O)[nH]c1=O)Cc1ccc(Cl)cc1. The molecule has 3 aromatic rings. The minimum atomic E-state index is -0.706. The van der Waals surface area contributed by atoms with Crippen molar-refractivity contribution in [2.45, 2.75) is 13.1 Å². The van der Waals surface area contributed by atoms with Gasteiger partial charge >= 0.3 is 5.69 Å². The van der Waals surface area contributed by atoms with E-state index in [0.29, 0.717) is 11.6 Å². The van der Waals surface area contributed by atoms with Crippen molar-refractivity contribution in [1.29, 1.82) is 0 Å². The van der Waals surface area contributed by atoms with Gasteiger partial charge in [0.05, 0.1) is 13.1 Å². The molecule has 162 valence electrons. The van der Waals surface area contributed by atoms with Crippen LogP contribution in [0.5, 0.6) is 0 Å². The molecule has 0 saturated heterocycles. The van der Waals surface area contributed by atoms with Crippen LogP contribution in [0.3, 0.4) is 0 Å². The van der Waals surface area contributed by atoms with E-state index in [1.54, 1.807) is 19.2 Å². The summed E-state index contributed by atoms with van der Waals surface area (Å²) in [6.45, 7) is 0.750. The van der Waals surface area contributed by atoms with Crippen LogP contribution >= 0.6 is 11.6 Å². The number of aromatic nitrogens is 2. The minimum absolute atomic E-state index is 0.0514. The van der Waals surface area contributed by atoms with Gasteiger partial charge in [-0.25, -0.2) is 4.79 Å². The normalized spacial score (nSPS) is 11.0. The summed E-state index contributed by atoms with van der Waals surface area (Å²) in [7, 11) is 3.26. The van der Waals surface area contributed by atoms with Gasteiger partial charge in [-0.2, -0.15) is 0 Å². The summed E-state index contributed by atoms with van der Waals surface area (Å²) in [5, 5.41) is 0.641. The number of nitrogen functional groups attached to an aromatic ring is 1. The van der Waals surface area contributed by atoms with Crippen molar-refractivity contribution < 1.29 is 4.79 Å². The molecule has 2 aromatic carbocycles. The van der Waals surface area contributed by atoms with E-state index >= 15 is 0 Å². The monoisotopic (exact) mass is 441 g/mol. The van der Waals surface area contributed by atoms with Gasteiger partial charge in [0.1, 0.15) is 5.82 Å². The number of aromatic amines is 1. The van der Waals surface area contributed by atoms with Crippen molar-refractivity contribution in [3.63, 3.8) is 0 Å². The van der Waals surface area contributed by atoms with Crippen LogP contribution in [-0.2, 0) is 17.9 Å². The van der Waals surface area contributed by atoms with Gasteiger partial charge in [0, 0.05) is 18.6 Å². The van der Waals surface area contributed by atoms with Crippen LogP contribution in [0, 0.1) is 0 Å². The number of likely N-dealkylation sites (N-methyl/N-ethyl adjacent to an activating group) is 2. The minimum Gasteiger partial charge on any atom is -0.383 e. The van der Waals surface area contributed by atoms with Gasteiger partial charge in [-0.3, -0.25) is 24.0 Å². The zero-order chi connectivity index (χ0) is 22.5. The smallest absolute Gasteiger partial charge is 0.330 e. The largest absolute Gasteiger partial charge is 0.383 e. The Morgan fingerprint density at radius 3 is 2.32 bits per heavy atom. The Morgan fingerprint density at radius 2 is 1.68 bits per heavy atom. The lowest BCUT2D eigenvalue weighted by Crippen LogP contribution is -2.42. The molecule has 3 N–H and O–H groups in total. The average molecular weight is 442 g/mol. The molecule has 0 aliphatic rings. The van der Waals surface area contributed by atoms with Crippen LogP contribution in [0.15, 0.2) is 64.2 Å². The van der Waals surface area contributed by atoms with E-state index in [2.05, 4.69) is 4.98 Å². The van der Waals surface area contributed by atoms with Crippen LogP contribution in [0.2, 0.25) is 5.02 Å². The molecule has 0 saturated carbocycles. The predicted octanol–water partition coefficient (Wildman–Crippen LogP) is 1.92. The molecule has 0 bridgehead atoms. The number of benzene rings is 2. The topological polar surface area (TPSA) is 104 Å². The maximum absolute atomic E-state index is 12.8. The molecule has 0 radical (unpaired) electrons. The quantitative estimate of drug-likeness (QED) is 0.582. The van der Waals surface area contributed by atoms with Crippen molar-refractivity contribution in [3.8, 4) is 0 Å². The van der Waals surface area contributed by atoms with Crippen LogP contribution in [0.4, 0.5) is 11.5 Å². The molecule has 0 fully saturated rings. The number of nitrogens with two attached hydrogens (primary N) is 1. The van der Waals surface area contributed by atoms with Gasteiger partial charge in [0.2, 0.25) is 5.91 Å². The van der Waals surface area contributed by atoms with Crippen LogP contribution < -0.4 is 21.9 Å². The molecule has 1 heterocycles. The van der Waals surface area contributed by atoms with Crippen molar-refractivity contribution in [2.75, 3.05) is 31.3 Å². The summed E-state index contributed by atoms with van der Waals surface area (Å²) < 4.78 is 1.24. The summed E-state index contributed by atoms with van der Waals surface area (Å²) in [6, 6.07) is 16.6. The highest BCUT2D eigenvalue weighted by Crippen LogP contribution is 2.17. The molecule has 0 spiro atoms. The zero-order valence-corrected chi connectivity index (χ0v) is 18.1. The number of carbonyl (C=O) groups is 1. The number of hydrogen-bond donors (Lipinski definition) is 2. The second kappa shape index (κ2) is 9.63. The lowest BCUT2D eigenvalue weighted by atomic mass is 10.2. The van der Waals surface area contributed by atoms with Gasteiger partial charge in [-0.1, -0.05) is 54.1 Å². The first kappa shape index (κ1) is 22.3. The fourth-order valence-electron chi connectivity index (χ4n) is 3.24. The number of carbonyl (C=O) groups excluding carboxylic acids is 1. The Bertz CT molecular complexity index is 1170. The maximum Gasteiger partial charge on any atom is 0.330 e. The second-order valence-corrected chi connectivity index (χ2v) is 7.75. The fourth-order valence-corrected chi connectivity index (χ4v) is 3.37. The van der Waals surface area contributed by atoms with Crippen molar-refractivity contribution >= 4 is 29.0 Å². The van der Waals surface area contributed by atoms with Crippen LogP contribution in [-0.4, -0.2) is 41.0 Å². The molecular weight excluding hydrogens is 418 g/mol. The molecule has 8 nitrogen and oxygen atoms in total. The van der Waals surface area contributed by atoms with E-state index in [9.17, 15) is 14.4 Å². The molecule has 1 amide bonds. The number of amides is 1. The summed E-state index contributed by atoms with van der Waals surface area (Å²) in [4.78, 5) is 42.9. The maximum atomic E-state index is 12.8. The predicted molar refractivity (Wildman–Crippen MR) is 122 cm³/mol. The molecule has 1 aromatic heterocycles. The highest BCUT2D eigenvalue weighted by Gasteiger charge is 2.22. The summed E-state index contributed by atoms with van der Waals surface area (Å²) in [5.41, 5.74) is 6.61. The number of rotatable bonds is 7. The number of nitrogens with one attached hydrogen (secondary N) is 1. The second-order valence-electron chi connectivity index (χ2n) is 7.32. The van der Waals surface area contributed by atoms with E-state index < -0.39 is 11.2 Å². The lowest BCUT2D eigenvalue weighted by molar-refractivity contribution is -0.119. The van der Waals surface area contributed by atoms with Crippen molar-refractivity contribution in [1.82, 2.24) is 14.5 Å². The van der Waals surface area contributed by atoms with E-state index in [1.807, 2.05) is 47.4 Å². The summed E-state index contributed by atoms with van der Waals surface area (Å²) >= 11 is 5.90. The van der Waals surface area contributed by atoms with Crippen molar-refractivity contribution in [3.05, 3.63) is 91.6 Å². The van der Waals surface area contributed by atoms with E-state index in [4.69, 9.17) is 17.3 Å². The molecule has 3 rings (SSSR count). The van der Waals surface area contributed by atoms with Crippen LogP contribution in [0.1, 0.15) is 11.1 Å². The standard InChI is InChI=1S/C22H24ClN5O3/c1-26(12-16-8-10-17(23)11-9-16)14-18(29)27(2)19-20(24)28(22(31)25-21(19)30)13-15-6-4-3-5-7-15/h3-11H,12-14,24H2,1-2H3,(H,25,30,31). The van der Waals surface area contributed by atoms with E-state index in [0.717, 1.165) is 11.1 Å². The molecule has 0 aliphatic carbocycles. The van der Waals surface area contributed by atoms with Crippen LogP contribution in [0.25, 0.3) is 0 Å². The molecule has 31 heavy (non-hydrogen) atoms. The number of hydrogen-bond acceptors (Lipinski definition) is 5. The number of anilines is 2. The van der Waals surface area contributed by atoms with Gasteiger partial charge in [-0.05, 0) is 30.3 Å². The number of nitrogens with zero attached hydrogens (tertiary/aromatic N) is 3. The first-order valence-electron chi connectivity index (χ1n) is 9.62. The molecule has 0 unspecified atom stereocenters. The fraction of sp³-hybridized carbons (Fsp3) is 0.227. The molecule has 0 atom stereocenters. The van der Waals surface area contributed by atoms with Gasteiger partial charge < -0.3 is 10.6 Å². The average Bonchev–Trinajstić information content (AvgIpc) is 2.73. The first-order valence-corrected chi connectivity index (χ1v) is 10.00. The van der Waals surface area contributed by atoms with Gasteiger partial charge in [0.25, 0.3) is 5.56 Å². The molecule has 9 heteroatoms. The summed E-state index contributed by atoms with van der Waals surface area (Å²) in [6.07, 6.45) is 0. The Balaban J connectivity index is 1.79. The molecule has 0 aliphatic heterocycles. The Kier molecular flexibility index (Phi) is 6.94. The first-order chi connectivity index (χ1) is 14.8.